The van der Waals surface area contributed by atoms with Crippen molar-refractivity contribution >= 4 is 10.8 Å². The molecule has 0 aromatic heterocycles. The van der Waals surface area contributed by atoms with Crippen LogP contribution in [-0.2, 0) is 10.8 Å². The first-order valence-corrected chi connectivity index (χ1v) is 5.19. The molecule has 1 N–H and O–H groups in total. The zero-order chi connectivity index (χ0) is 7.61. The van der Waals surface area contributed by atoms with Crippen molar-refractivity contribution in [2.24, 2.45) is 0 Å². The second kappa shape index (κ2) is 3.01. The smallest absolute Gasteiger partial charge is 0.0252 e. The quantitative estimate of drug-likeness (QED) is 0.607. The summed E-state index contributed by atoms with van der Waals surface area (Å²) >= 11 is 0. The van der Waals surface area contributed by atoms with E-state index in [0.717, 1.165) is 24.3 Å². The van der Waals surface area contributed by atoms with Gasteiger partial charge in [-0.05, 0) is 26.8 Å². The Bertz CT molecular complexity index is 137. The van der Waals surface area contributed by atoms with Crippen molar-refractivity contribution < 1.29 is 4.21 Å². The Labute approximate surface area is 64.8 Å². The van der Waals surface area contributed by atoms with Gasteiger partial charge in [0.2, 0.25) is 0 Å². The van der Waals surface area contributed by atoms with Crippen molar-refractivity contribution in [1.82, 2.24) is 5.32 Å². The van der Waals surface area contributed by atoms with Gasteiger partial charge in [0.15, 0.2) is 0 Å². The second-order valence-electron chi connectivity index (χ2n) is 3.16. The van der Waals surface area contributed by atoms with Crippen LogP contribution in [0.25, 0.3) is 0 Å². The largest absolute Gasteiger partial charge is 0.314 e. The predicted molar refractivity (Wildman–Crippen MR) is 44.6 cm³/mol. The zero-order valence-corrected chi connectivity index (χ0v) is 7.46. The summed E-state index contributed by atoms with van der Waals surface area (Å²) in [7, 11) is 1.45. The van der Waals surface area contributed by atoms with E-state index < -0.39 is 10.8 Å². The predicted octanol–water partition coefficient (Wildman–Crippen LogP) is 0.507. The van der Waals surface area contributed by atoms with Crippen LogP contribution in [0.4, 0.5) is 0 Å². The molecule has 1 heterocycles. The Balaban J connectivity index is 2.46. The summed E-state index contributed by atoms with van der Waals surface area (Å²) < 4.78 is 11.0. The van der Waals surface area contributed by atoms with E-state index in [1.165, 1.54) is 0 Å². The van der Waals surface area contributed by atoms with E-state index in [0.29, 0.717) is 0 Å². The monoisotopic (exact) mass is 161 g/mol. The molecule has 1 aliphatic heterocycles. The van der Waals surface area contributed by atoms with Crippen molar-refractivity contribution in [3.05, 3.63) is 0 Å². The van der Waals surface area contributed by atoms with Crippen LogP contribution in [0.2, 0.25) is 0 Å². The molecule has 0 saturated carbocycles. The van der Waals surface area contributed by atoms with E-state index in [1.807, 2.05) is 7.05 Å². The van der Waals surface area contributed by atoms with Gasteiger partial charge >= 0.3 is 0 Å². The fourth-order valence-corrected chi connectivity index (χ4v) is 2.72. The summed E-state index contributed by atoms with van der Waals surface area (Å²) in [6.45, 7) is 2.20. The van der Waals surface area contributed by atoms with Gasteiger partial charge in [-0.15, -0.1) is 0 Å². The minimum atomic E-state index is -0.528. The van der Waals surface area contributed by atoms with E-state index in [4.69, 9.17) is 0 Å². The topological polar surface area (TPSA) is 29.1 Å². The highest BCUT2D eigenvalue weighted by Gasteiger charge is 2.27. The van der Waals surface area contributed by atoms with Crippen LogP contribution in [0.1, 0.15) is 19.8 Å². The molecular formula is C7H15NOS. The maximum absolute atomic E-state index is 11.0. The number of nitrogens with one attached hydrogen (secondary N) is 1. The molecule has 0 amide bonds. The third-order valence-electron chi connectivity index (χ3n) is 2.37. The molecule has 60 valence electrons. The third kappa shape index (κ3) is 1.80. The Morgan fingerprint density at radius 1 is 1.40 bits per heavy atom. The Morgan fingerprint density at radius 3 is 2.30 bits per heavy atom. The van der Waals surface area contributed by atoms with Crippen molar-refractivity contribution in [2.75, 3.05) is 18.6 Å². The lowest BCUT2D eigenvalue weighted by Crippen LogP contribution is -2.45. The molecule has 0 unspecified atom stereocenters. The van der Waals surface area contributed by atoms with Crippen LogP contribution < -0.4 is 5.32 Å². The molecule has 0 aliphatic carbocycles. The first-order chi connectivity index (χ1) is 4.66. The van der Waals surface area contributed by atoms with E-state index in [1.54, 1.807) is 0 Å². The molecule has 0 spiro atoms. The molecule has 2 nitrogen and oxygen atoms in total. The van der Waals surface area contributed by atoms with E-state index in [2.05, 4.69) is 12.2 Å². The molecule has 1 fully saturated rings. The molecule has 1 aliphatic rings. The maximum Gasteiger partial charge on any atom is 0.0252 e. The molecule has 0 aromatic carbocycles. The van der Waals surface area contributed by atoms with Gasteiger partial charge in [-0.1, -0.05) is 0 Å². The highest BCUT2D eigenvalue weighted by Crippen LogP contribution is 2.20. The lowest BCUT2D eigenvalue weighted by molar-refractivity contribution is 0.354. The number of hydrogen-bond acceptors (Lipinski definition) is 2. The average molecular weight is 161 g/mol. The molecule has 0 radical (unpaired) electrons. The second-order valence-corrected chi connectivity index (χ2v) is 4.85. The summed E-state index contributed by atoms with van der Waals surface area (Å²) in [5, 5.41) is 3.27. The van der Waals surface area contributed by atoms with Crippen LogP contribution in [0.3, 0.4) is 0 Å². The number of rotatable bonds is 1. The normalized spacial score (nSPS) is 41.6. The fraction of sp³-hybridized carbons (Fsp3) is 1.00. The fourth-order valence-electron chi connectivity index (χ4n) is 1.16. The SMILES string of the molecule is CNC1(C)CCS(=O)CC1. The van der Waals surface area contributed by atoms with E-state index in [9.17, 15) is 4.21 Å². The Morgan fingerprint density at radius 2 is 1.90 bits per heavy atom. The summed E-state index contributed by atoms with van der Waals surface area (Å²) in [4.78, 5) is 0. The van der Waals surface area contributed by atoms with Crippen LogP contribution in [0.15, 0.2) is 0 Å². The Kier molecular flexibility index (Phi) is 2.47. The first kappa shape index (κ1) is 8.21. The van der Waals surface area contributed by atoms with Gasteiger partial charge < -0.3 is 5.32 Å². The van der Waals surface area contributed by atoms with Crippen LogP contribution in [0, 0.1) is 0 Å². The molecule has 0 bridgehead atoms. The van der Waals surface area contributed by atoms with Crippen molar-refractivity contribution in [3.63, 3.8) is 0 Å². The Hall–Kier alpha value is 0.110. The van der Waals surface area contributed by atoms with Crippen molar-refractivity contribution in [3.8, 4) is 0 Å². The molecule has 3 heteroatoms. The van der Waals surface area contributed by atoms with Crippen LogP contribution in [0.5, 0.6) is 0 Å². The van der Waals surface area contributed by atoms with Gasteiger partial charge in [0.1, 0.15) is 0 Å². The summed E-state index contributed by atoms with van der Waals surface area (Å²) in [5.41, 5.74) is 0.258. The summed E-state index contributed by atoms with van der Waals surface area (Å²) in [6.07, 6.45) is 2.10. The molecule has 1 rings (SSSR count). The van der Waals surface area contributed by atoms with Gasteiger partial charge in [-0.3, -0.25) is 4.21 Å². The van der Waals surface area contributed by atoms with Crippen molar-refractivity contribution in [2.45, 2.75) is 25.3 Å². The minimum absolute atomic E-state index is 0.258. The lowest BCUT2D eigenvalue weighted by atomic mass is 9.95. The zero-order valence-electron chi connectivity index (χ0n) is 6.64. The van der Waals surface area contributed by atoms with E-state index >= 15 is 0 Å². The maximum atomic E-state index is 11.0. The third-order valence-corrected chi connectivity index (χ3v) is 3.69. The van der Waals surface area contributed by atoms with E-state index in [-0.39, 0.29) is 5.54 Å². The van der Waals surface area contributed by atoms with Gasteiger partial charge in [0, 0.05) is 27.8 Å². The van der Waals surface area contributed by atoms with Crippen LogP contribution >= 0.6 is 0 Å². The standard InChI is InChI=1S/C7H15NOS/c1-7(8-2)3-5-10(9)6-4-7/h8H,3-6H2,1-2H3. The molecule has 0 aromatic rings. The van der Waals surface area contributed by atoms with Crippen molar-refractivity contribution in [1.29, 1.82) is 0 Å². The lowest BCUT2D eigenvalue weighted by Gasteiger charge is -2.32. The van der Waals surface area contributed by atoms with Gasteiger partial charge in [-0.25, -0.2) is 0 Å². The average Bonchev–Trinajstić information content (AvgIpc) is 1.96. The van der Waals surface area contributed by atoms with Crippen LogP contribution in [-0.4, -0.2) is 28.3 Å². The first-order valence-electron chi connectivity index (χ1n) is 3.70. The minimum Gasteiger partial charge on any atom is -0.314 e. The highest BCUT2D eigenvalue weighted by atomic mass is 32.2. The van der Waals surface area contributed by atoms with Gasteiger partial charge in [-0.2, -0.15) is 0 Å². The molecular weight excluding hydrogens is 146 g/mol. The van der Waals surface area contributed by atoms with Gasteiger partial charge in [0.05, 0.1) is 0 Å². The molecule has 10 heavy (non-hydrogen) atoms. The summed E-state index contributed by atoms with van der Waals surface area (Å²) in [6, 6.07) is 0. The summed E-state index contributed by atoms with van der Waals surface area (Å²) in [5.74, 6) is 1.74. The molecule has 0 atom stereocenters. The number of hydrogen-bond donors (Lipinski definition) is 1. The molecule has 1 saturated heterocycles. The van der Waals surface area contributed by atoms with Gasteiger partial charge in [0.25, 0.3) is 0 Å². The highest BCUT2D eigenvalue weighted by molar-refractivity contribution is 7.85.